The van der Waals surface area contributed by atoms with Gasteiger partial charge in [0.05, 0.1) is 18.4 Å². The van der Waals surface area contributed by atoms with Crippen LogP contribution < -0.4 is 14.8 Å². The van der Waals surface area contributed by atoms with Crippen LogP contribution in [0.1, 0.15) is 30.6 Å². The largest absolute Gasteiger partial charge is 0.486 e. The predicted octanol–water partition coefficient (Wildman–Crippen LogP) is 2.68. The molecule has 0 saturated heterocycles. The Hall–Kier alpha value is -2.81. The molecule has 0 bridgehead atoms. The molecular formula is C16H16N4O2. The Kier molecular flexibility index (Phi) is 4.05. The molecule has 0 aliphatic carbocycles. The maximum Gasteiger partial charge on any atom is 0.161 e. The number of nitrogens with one attached hydrogen (secondary N) is 1. The van der Waals surface area contributed by atoms with Crippen LogP contribution in [0.2, 0.25) is 0 Å². The Morgan fingerprint density at radius 1 is 1.23 bits per heavy atom. The molecule has 1 unspecified atom stereocenters. The van der Waals surface area contributed by atoms with E-state index in [1.807, 2.05) is 24.3 Å². The summed E-state index contributed by atoms with van der Waals surface area (Å²) in [7, 11) is 0. The summed E-state index contributed by atoms with van der Waals surface area (Å²) in [5, 5.41) is 12.1. The van der Waals surface area contributed by atoms with Gasteiger partial charge in [-0.25, -0.2) is 9.97 Å². The number of nitriles is 1. The number of hydrogen-bond donors (Lipinski definition) is 1. The van der Waals surface area contributed by atoms with Crippen LogP contribution in [0, 0.1) is 11.3 Å². The first-order valence-corrected chi connectivity index (χ1v) is 7.18. The van der Waals surface area contributed by atoms with Gasteiger partial charge in [0.25, 0.3) is 0 Å². The third kappa shape index (κ3) is 2.93. The second-order valence-corrected chi connectivity index (χ2v) is 4.91. The number of fused-ring (bicyclic) bond motifs is 1. The quantitative estimate of drug-likeness (QED) is 0.934. The number of ether oxygens (including phenoxy) is 2. The monoisotopic (exact) mass is 296 g/mol. The summed E-state index contributed by atoms with van der Waals surface area (Å²) in [6.07, 6.45) is 3.90. The zero-order valence-electron chi connectivity index (χ0n) is 12.2. The number of anilines is 1. The summed E-state index contributed by atoms with van der Waals surface area (Å²) in [4.78, 5) is 8.22. The van der Waals surface area contributed by atoms with Crippen molar-refractivity contribution in [2.75, 3.05) is 18.5 Å². The lowest BCUT2D eigenvalue weighted by Gasteiger charge is -2.22. The summed E-state index contributed by atoms with van der Waals surface area (Å²) in [6.45, 7) is 3.25. The van der Waals surface area contributed by atoms with Gasteiger partial charge in [0.2, 0.25) is 0 Å². The van der Waals surface area contributed by atoms with Crippen molar-refractivity contribution in [1.29, 1.82) is 5.26 Å². The number of hydrogen-bond acceptors (Lipinski definition) is 6. The highest BCUT2D eigenvalue weighted by Crippen LogP contribution is 2.34. The molecule has 0 radical (unpaired) electrons. The molecule has 2 aromatic rings. The third-order valence-corrected chi connectivity index (χ3v) is 3.47. The first-order chi connectivity index (χ1) is 10.8. The van der Waals surface area contributed by atoms with Gasteiger partial charge in [-0.15, -0.1) is 0 Å². The lowest BCUT2D eigenvalue weighted by atomic mass is 10.0. The molecule has 112 valence electrons. The van der Waals surface area contributed by atoms with E-state index in [1.54, 1.807) is 6.20 Å². The maximum absolute atomic E-state index is 8.75. The molecule has 1 atom stereocenters. The normalized spacial score (nSPS) is 14.0. The Morgan fingerprint density at radius 3 is 2.73 bits per heavy atom. The van der Waals surface area contributed by atoms with E-state index < -0.39 is 0 Å². The smallest absolute Gasteiger partial charge is 0.161 e. The number of nitrogens with zero attached hydrogens (tertiary/aromatic N) is 3. The molecule has 1 aliphatic rings. The minimum atomic E-state index is 0.0815. The summed E-state index contributed by atoms with van der Waals surface area (Å²) in [5.41, 5.74) is 1.40. The number of benzene rings is 1. The molecule has 0 fully saturated rings. The fourth-order valence-corrected chi connectivity index (χ4v) is 2.34. The van der Waals surface area contributed by atoms with E-state index in [4.69, 9.17) is 14.7 Å². The van der Waals surface area contributed by atoms with Gasteiger partial charge in [0.1, 0.15) is 25.1 Å². The van der Waals surface area contributed by atoms with E-state index in [2.05, 4.69) is 22.2 Å². The first kappa shape index (κ1) is 14.1. The first-order valence-electron chi connectivity index (χ1n) is 7.18. The molecule has 3 rings (SSSR count). The lowest BCUT2D eigenvalue weighted by Crippen LogP contribution is -2.16. The molecule has 0 spiro atoms. The molecular weight excluding hydrogens is 280 g/mol. The van der Waals surface area contributed by atoms with Crippen LogP contribution in [-0.2, 0) is 0 Å². The molecule has 6 heteroatoms. The van der Waals surface area contributed by atoms with Crippen molar-refractivity contribution in [3.63, 3.8) is 0 Å². The van der Waals surface area contributed by atoms with Crippen molar-refractivity contribution in [1.82, 2.24) is 9.97 Å². The molecule has 1 aromatic heterocycles. The van der Waals surface area contributed by atoms with Crippen LogP contribution in [-0.4, -0.2) is 23.2 Å². The van der Waals surface area contributed by atoms with Crippen molar-refractivity contribution in [2.24, 2.45) is 0 Å². The molecule has 1 aromatic carbocycles. The minimum absolute atomic E-state index is 0.0815. The Labute approximate surface area is 128 Å². The molecule has 0 saturated carbocycles. The van der Waals surface area contributed by atoms with E-state index in [-0.39, 0.29) is 6.04 Å². The maximum atomic E-state index is 8.75. The Bertz CT molecular complexity index is 694. The summed E-state index contributed by atoms with van der Waals surface area (Å²) >= 11 is 0. The zero-order chi connectivity index (χ0) is 15.4. The van der Waals surface area contributed by atoms with E-state index in [0.29, 0.717) is 24.7 Å². The number of aromatic nitrogens is 2. The van der Waals surface area contributed by atoms with Gasteiger partial charge < -0.3 is 14.8 Å². The Balaban J connectivity index is 1.79. The van der Waals surface area contributed by atoms with Crippen LogP contribution in [0.4, 0.5) is 5.82 Å². The van der Waals surface area contributed by atoms with Gasteiger partial charge in [0.15, 0.2) is 17.2 Å². The van der Waals surface area contributed by atoms with Crippen LogP contribution in [0.25, 0.3) is 0 Å². The standard InChI is InChI=1S/C16H16N4O2/c1-2-13(20-16-10-18-12(8-17)9-19-16)11-3-4-14-15(7-11)22-6-5-21-14/h3-4,7,9-10,13H,2,5-6H2,1H3,(H,19,20). The predicted molar refractivity (Wildman–Crippen MR) is 80.8 cm³/mol. The van der Waals surface area contributed by atoms with Crippen molar-refractivity contribution < 1.29 is 9.47 Å². The van der Waals surface area contributed by atoms with E-state index in [0.717, 1.165) is 23.5 Å². The average molecular weight is 296 g/mol. The van der Waals surface area contributed by atoms with E-state index >= 15 is 0 Å². The van der Waals surface area contributed by atoms with Crippen LogP contribution >= 0.6 is 0 Å². The fraction of sp³-hybridized carbons (Fsp3) is 0.312. The topological polar surface area (TPSA) is 80.1 Å². The molecule has 6 nitrogen and oxygen atoms in total. The van der Waals surface area contributed by atoms with Crippen molar-refractivity contribution in [2.45, 2.75) is 19.4 Å². The zero-order valence-corrected chi connectivity index (χ0v) is 12.2. The molecule has 1 N–H and O–H groups in total. The lowest BCUT2D eigenvalue weighted by molar-refractivity contribution is 0.171. The summed E-state index contributed by atoms with van der Waals surface area (Å²) in [6, 6.07) is 7.98. The highest BCUT2D eigenvalue weighted by molar-refractivity contribution is 5.46. The van der Waals surface area contributed by atoms with Gasteiger partial charge in [-0.05, 0) is 24.1 Å². The highest BCUT2D eigenvalue weighted by atomic mass is 16.6. The van der Waals surface area contributed by atoms with E-state index in [1.165, 1.54) is 6.20 Å². The van der Waals surface area contributed by atoms with Crippen molar-refractivity contribution >= 4 is 5.82 Å². The third-order valence-electron chi connectivity index (χ3n) is 3.47. The molecule has 2 heterocycles. The molecule has 1 aliphatic heterocycles. The summed E-state index contributed by atoms with van der Waals surface area (Å²) in [5.74, 6) is 2.19. The van der Waals surface area contributed by atoms with Crippen molar-refractivity contribution in [3.8, 4) is 17.6 Å². The Morgan fingerprint density at radius 2 is 2.05 bits per heavy atom. The molecule has 22 heavy (non-hydrogen) atoms. The van der Waals surface area contributed by atoms with Gasteiger partial charge >= 0.3 is 0 Å². The second kappa shape index (κ2) is 6.31. The minimum Gasteiger partial charge on any atom is -0.486 e. The van der Waals surface area contributed by atoms with Gasteiger partial charge in [-0.1, -0.05) is 13.0 Å². The fourth-order valence-electron chi connectivity index (χ4n) is 2.34. The SMILES string of the molecule is CCC(Nc1cnc(C#N)cn1)c1ccc2c(c1)OCCO2. The average Bonchev–Trinajstić information content (AvgIpc) is 2.59. The second-order valence-electron chi connectivity index (χ2n) is 4.91. The van der Waals surface area contributed by atoms with Gasteiger partial charge in [-0.3, -0.25) is 0 Å². The summed E-state index contributed by atoms with van der Waals surface area (Å²) < 4.78 is 11.2. The molecule has 0 amide bonds. The van der Waals surface area contributed by atoms with Gasteiger partial charge in [-0.2, -0.15) is 5.26 Å². The highest BCUT2D eigenvalue weighted by Gasteiger charge is 2.16. The van der Waals surface area contributed by atoms with Crippen LogP contribution in [0.5, 0.6) is 11.5 Å². The van der Waals surface area contributed by atoms with E-state index in [9.17, 15) is 0 Å². The van der Waals surface area contributed by atoms with Crippen molar-refractivity contribution in [3.05, 3.63) is 41.9 Å². The van der Waals surface area contributed by atoms with Gasteiger partial charge in [0, 0.05) is 0 Å². The number of rotatable bonds is 4. The van der Waals surface area contributed by atoms with Crippen LogP contribution in [0.3, 0.4) is 0 Å². The van der Waals surface area contributed by atoms with Crippen LogP contribution in [0.15, 0.2) is 30.6 Å².